The van der Waals surface area contributed by atoms with Gasteiger partial charge in [0.1, 0.15) is 18.2 Å². The predicted molar refractivity (Wildman–Crippen MR) is 212 cm³/mol. The third kappa shape index (κ3) is 4.46. The Balaban J connectivity index is 1.16. The molecule has 0 radical (unpaired) electrons. The van der Waals surface area contributed by atoms with Crippen LogP contribution in [0.15, 0.2) is 181 Å². The number of hydrogen-bond donors (Lipinski definition) is 2. The molecule has 0 amide bonds. The van der Waals surface area contributed by atoms with E-state index >= 15 is 0 Å². The van der Waals surface area contributed by atoms with Gasteiger partial charge < -0.3 is 5.32 Å². The molecule has 250 valence electrons. The van der Waals surface area contributed by atoms with Crippen molar-refractivity contribution in [3.8, 4) is 22.3 Å². The molecule has 1 heterocycles. The maximum atomic E-state index is 5.27. The summed E-state index contributed by atoms with van der Waals surface area (Å²) in [5, 5.41) is 7.48. The molecule has 1 spiro atoms. The molecule has 1 aliphatic heterocycles. The number of nitrogens with one attached hydrogen (secondary N) is 2. The molecule has 2 N–H and O–H groups in total. The van der Waals surface area contributed by atoms with Crippen LogP contribution in [0.3, 0.4) is 0 Å². The lowest BCUT2D eigenvalue weighted by Gasteiger charge is -2.46. The largest absolute Gasteiger partial charge is 0.350 e. The zero-order chi connectivity index (χ0) is 34.9. The third-order valence-electron chi connectivity index (χ3n) is 11.6. The van der Waals surface area contributed by atoms with Crippen molar-refractivity contribution >= 4 is 5.84 Å². The summed E-state index contributed by atoms with van der Waals surface area (Å²) in [5.41, 5.74) is 16.1. The van der Waals surface area contributed by atoms with Gasteiger partial charge in [-0.15, -0.1) is 0 Å². The molecular weight excluding hydrogens is 631 g/mol. The molecule has 2 aliphatic carbocycles. The average molecular weight is 670 g/mol. The van der Waals surface area contributed by atoms with Crippen molar-refractivity contribution in [3.05, 3.63) is 226 Å². The maximum absolute atomic E-state index is 5.27. The number of aliphatic imine (C=N–C) groups is 1. The zero-order valence-electron chi connectivity index (χ0n) is 29.3. The lowest BCUT2D eigenvalue weighted by atomic mass is 9.55. The molecular formula is C49H39N3. The van der Waals surface area contributed by atoms with Crippen molar-refractivity contribution in [2.45, 2.75) is 37.0 Å². The van der Waals surface area contributed by atoms with Gasteiger partial charge in [-0.05, 0) is 72.8 Å². The van der Waals surface area contributed by atoms with Gasteiger partial charge in [0.15, 0.2) is 0 Å². The van der Waals surface area contributed by atoms with Crippen LogP contribution in [0.4, 0.5) is 0 Å². The van der Waals surface area contributed by atoms with Crippen LogP contribution in [0, 0.1) is 0 Å². The molecule has 10 rings (SSSR count). The summed E-state index contributed by atoms with van der Waals surface area (Å²) < 4.78 is 0. The first-order chi connectivity index (χ1) is 25.5. The minimum absolute atomic E-state index is 0.0917. The van der Waals surface area contributed by atoms with Gasteiger partial charge in [0.05, 0.1) is 5.41 Å². The van der Waals surface area contributed by atoms with Crippen LogP contribution in [0.25, 0.3) is 22.3 Å². The van der Waals surface area contributed by atoms with E-state index in [1.165, 1.54) is 61.2 Å². The van der Waals surface area contributed by atoms with Crippen LogP contribution in [0.1, 0.15) is 76.3 Å². The van der Waals surface area contributed by atoms with Gasteiger partial charge >= 0.3 is 0 Å². The molecule has 0 bridgehead atoms. The van der Waals surface area contributed by atoms with E-state index in [0.717, 1.165) is 17.0 Å². The van der Waals surface area contributed by atoms with Gasteiger partial charge in [-0.1, -0.05) is 184 Å². The molecule has 7 aromatic rings. The maximum Gasteiger partial charge on any atom is 0.131 e. The van der Waals surface area contributed by atoms with E-state index in [4.69, 9.17) is 4.99 Å². The minimum Gasteiger partial charge on any atom is -0.350 e. The molecule has 3 aliphatic rings. The van der Waals surface area contributed by atoms with Crippen molar-refractivity contribution in [3.63, 3.8) is 0 Å². The van der Waals surface area contributed by atoms with Crippen LogP contribution >= 0.6 is 0 Å². The standard InChI is InChI=1S/C49H39N3/c1-48(2)39-26-11-13-28-41(39)49(42-29-14-12-27-40(42)48)38-25-10-9-23-37(38)44-36(24-16-30-43(44)49)34-21-15-22-35(31-34)47-51-45(32-17-5-3-6-18-32)50-46(52-47)33-19-7-4-8-20-33/h3-31,45-46,50H,1-2H3,(H,51,52). The summed E-state index contributed by atoms with van der Waals surface area (Å²) >= 11 is 0. The normalized spacial score (nSPS) is 18.7. The summed E-state index contributed by atoms with van der Waals surface area (Å²) in [5.74, 6) is 0.880. The lowest BCUT2D eigenvalue weighted by molar-refractivity contribution is 0.409. The molecule has 0 saturated heterocycles. The van der Waals surface area contributed by atoms with Gasteiger partial charge in [-0.3, -0.25) is 5.32 Å². The highest BCUT2D eigenvalue weighted by Crippen LogP contribution is 2.63. The summed E-state index contributed by atoms with van der Waals surface area (Å²) in [7, 11) is 0. The molecule has 0 saturated carbocycles. The summed E-state index contributed by atoms with van der Waals surface area (Å²) in [6.45, 7) is 4.76. The monoisotopic (exact) mass is 669 g/mol. The predicted octanol–water partition coefficient (Wildman–Crippen LogP) is 10.7. The number of rotatable bonds is 4. The third-order valence-corrected chi connectivity index (χ3v) is 11.6. The van der Waals surface area contributed by atoms with Crippen molar-refractivity contribution in [1.29, 1.82) is 0 Å². The molecule has 7 aromatic carbocycles. The number of benzene rings is 7. The lowest BCUT2D eigenvalue weighted by Crippen LogP contribution is -2.44. The molecule has 2 atom stereocenters. The first-order valence-electron chi connectivity index (χ1n) is 18.3. The molecule has 2 unspecified atom stereocenters. The van der Waals surface area contributed by atoms with Crippen LogP contribution in [-0.4, -0.2) is 5.84 Å². The van der Waals surface area contributed by atoms with Crippen LogP contribution in [0.5, 0.6) is 0 Å². The Hall–Kier alpha value is -6.03. The summed E-state index contributed by atoms with van der Waals surface area (Å²) in [4.78, 5) is 5.27. The Morgan fingerprint density at radius 2 is 0.981 bits per heavy atom. The van der Waals surface area contributed by atoms with Crippen LogP contribution in [0.2, 0.25) is 0 Å². The molecule has 3 heteroatoms. The fraction of sp³-hybridized carbons (Fsp3) is 0.122. The highest BCUT2D eigenvalue weighted by atomic mass is 15.3. The van der Waals surface area contributed by atoms with Crippen molar-refractivity contribution < 1.29 is 0 Å². The highest BCUT2D eigenvalue weighted by molar-refractivity contribution is 6.02. The second-order valence-corrected chi connectivity index (χ2v) is 14.8. The summed E-state index contributed by atoms with van der Waals surface area (Å²) in [6.07, 6.45) is -0.277. The number of nitrogens with zero attached hydrogens (tertiary/aromatic N) is 1. The van der Waals surface area contributed by atoms with Gasteiger partial charge in [0.25, 0.3) is 0 Å². The Morgan fingerprint density at radius 1 is 0.462 bits per heavy atom. The van der Waals surface area contributed by atoms with E-state index in [-0.39, 0.29) is 17.7 Å². The first-order valence-corrected chi connectivity index (χ1v) is 18.3. The number of amidine groups is 1. The molecule has 0 aromatic heterocycles. The molecule has 52 heavy (non-hydrogen) atoms. The van der Waals surface area contributed by atoms with E-state index < -0.39 is 5.41 Å². The van der Waals surface area contributed by atoms with Gasteiger partial charge in [0, 0.05) is 11.0 Å². The van der Waals surface area contributed by atoms with Crippen LogP contribution in [-0.2, 0) is 10.8 Å². The fourth-order valence-electron chi connectivity index (χ4n) is 9.31. The van der Waals surface area contributed by atoms with Crippen molar-refractivity contribution in [2.24, 2.45) is 4.99 Å². The summed E-state index contributed by atoms with van der Waals surface area (Å²) in [6, 6.07) is 64.3. The Labute approximate surface area is 305 Å². The second-order valence-electron chi connectivity index (χ2n) is 14.8. The minimum atomic E-state index is -0.422. The second kappa shape index (κ2) is 11.8. The van der Waals surface area contributed by atoms with Gasteiger partial charge in [-0.2, -0.15) is 0 Å². The van der Waals surface area contributed by atoms with Crippen LogP contribution < -0.4 is 10.6 Å². The first kappa shape index (κ1) is 30.8. The van der Waals surface area contributed by atoms with E-state index in [0.29, 0.717) is 0 Å². The topological polar surface area (TPSA) is 36.4 Å². The quantitative estimate of drug-likeness (QED) is 0.196. The van der Waals surface area contributed by atoms with Gasteiger partial charge in [-0.25, -0.2) is 4.99 Å². The number of hydrogen-bond acceptors (Lipinski definition) is 3. The Morgan fingerprint density at radius 3 is 1.67 bits per heavy atom. The zero-order valence-corrected chi connectivity index (χ0v) is 29.3. The van der Waals surface area contributed by atoms with E-state index in [1.54, 1.807) is 0 Å². The van der Waals surface area contributed by atoms with E-state index in [2.05, 4.69) is 200 Å². The molecule has 3 nitrogen and oxygen atoms in total. The average Bonchev–Trinajstić information content (AvgIpc) is 3.52. The van der Waals surface area contributed by atoms with Crippen molar-refractivity contribution in [1.82, 2.24) is 10.6 Å². The SMILES string of the molecule is CC1(C)c2ccccc2C2(c3ccccc3-c3c(-c4cccc(C5=NC(c6ccccc6)NC(c6ccccc6)N5)c4)cccc32)c2ccccc21. The Kier molecular flexibility index (Phi) is 6.96. The number of fused-ring (bicyclic) bond motifs is 9. The fourth-order valence-corrected chi connectivity index (χ4v) is 9.31. The van der Waals surface area contributed by atoms with Gasteiger partial charge in [0.2, 0.25) is 0 Å². The van der Waals surface area contributed by atoms with Crippen molar-refractivity contribution in [2.75, 3.05) is 0 Å². The highest BCUT2D eigenvalue weighted by Gasteiger charge is 2.53. The molecule has 0 fully saturated rings. The van der Waals surface area contributed by atoms with E-state index in [9.17, 15) is 0 Å². The Bertz CT molecular complexity index is 2460. The van der Waals surface area contributed by atoms with E-state index in [1.807, 2.05) is 0 Å². The smallest absolute Gasteiger partial charge is 0.131 e.